The van der Waals surface area contributed by atoms with Gasteiger partial charge in [0, 0.05) is 5.70 Å². The van der Waals surface area contributed by atoms with Crippen LogP contribution < -0.4 is 5.32 Å². The second-order valence-electron chi connectivity index (χ2n) is 6.85. The van der Waals surface area contributed by atoms with Gasteiger partial charge in [0.25, 0.3) is 5.82 Å². The van der Waals surface area contributed by atoms with Crippen LogP contribution in [0.2, 0.25) is 0 Å². The molecule has 1 aromatic heterocycles. The van der Waals surface area contributed by atoms with Gasteiger partial charge in [-0.2, -0.15) is 18.2 Å². The molecule has 9 heteroatoms. The van der Waals surface area contributed by atoms with Crippen LogP contribution in [-0.2, 0) is 15.7 Å². The summed E-state index contributed by atoms with van der Waals surface area (Å²) in [6.07, 6.45) is -4.71. The van der Waals surface area contributed by atoms with Crippen molar-refractivity contribution in [3.63, 3.8) is 0 Å². The monoisotopic (exact) mass is 394 g/mol. The van der Waals surface area contributed by atoms with Gasteiger partial charge in [-0.15, -0.1) is 5.10 Å². The zero-order chi connectivity index (χ0) is 20.6. The highest BCUT2D eigenvalue weighted by atomic mass is 19.4. The van der Waals surface area contributed by atoms with Crippen LogP contribution in [0.1, 0.15) is 49.7 Å². The smallest absolute Gasteiger partial charge is 0.453 e. The van der Waals surface area contributed by atoms with Crippen LogP contribution in [-0.4, -0.2) is 27.3 Å². The molecule has 0 saturated heterocycles. The zero-order valence-electron chi connectivity index (χ0n) is 15.7. The lowest BCUT2D eigenvalue weighted by atomic mass is 9.88. The van der Waals surface area contributed by atoms with Gasteiger partial charge in [-0.3, -0.25) is 4.79 Å². The number of fused-ring (bicyclic) bond motifs is 1. The number of rotatable bonds is 4. The predicted octanol–water partition coefficient (Wildman–Crippen LogP) is 4.13. The molecule has 0 saturated carbocycles. The molecule has 0 radical (unpaired) electrons. The molecular weight excluding hydrogens is 373 g/mol. The van der Waals surface area contributed by atoms with Crippen LogP contribution in [0.5, 0.6) is 0 Å². The summed E-state index contributed by atoms with van der Waals surface area (Å²) < 4.78 is 45.6. The summed E-state index contributed by atoms with van der Waals surface area (Å²) in [4.78, 5) is 16.1. The Morgan fingerprint density at radius 2 is 1.96 bits per heavy atom. The molecule has 1 aliphatic heterocycles. The van der Waals surface area contributed by atoms with E-state index < -0.39 is 29.9 Å². The first-order valence-corrected chi connectivity index (χ1v) is 8.89. The molecule has 150 valence electrons. The lowest BCUT2D eigenvalue weighted by Gasteiger charge is -2.33. The molecule has 28 heavy (non-hydrogen) atoms. The van der Waals surface area contributed by atoms with E-state index in [9.17, 15) is 18.0 Å². The van der Waals surface area contributed by atoms with E-state index in [1.54, 1.807) is 19.1 Å². The Morgan fingerprint density at radius 1 is 1.32 bits per heavy atom. The summed E-state index contributed by atoms with van der Waals surface area (Å²) in [5.41, 5.74) is 1.90. The van der Waals surface area contributed by atoms with Gasteiger partial charge in [0.2, 0.25) is 5.95 Å². The van der Waals surface area contributed by atoms with Gasteiger partial charge in [0.05, 0.1) is 12.6 Å². The normalized spacial score (nSPS) is 19.3. The van der Waals surface area contributed by atoms with Crippen molar-refractivity contribution < 1.29 is 22.7 Å². The minimum Gasteiger partial charge on any atom is -0.465 e. The third-order valence-electron chi connectivity index (χ3n) is 4.60. The molecule has 3 rings (SSSR count). The average molecular weight is 394 g/mol. The standard InChI is InChI=1S/C19H21F3N4O2/c1-5-28-16(27)14-11(4)23-18-24-17(19(20,21)22)25-26(18)15(14)13-8-6-12(7-9-13)10(2)3/h6-10,14-15H,4-5H2,1-3H3,(H,23,24,25)/t14-,15+/m1/s1. The highest BCUT2D eigenvalue weighted by Crippen LogP contribution is 2.40. The number of nitrogens with one attached hydrogen (secondary N) is 1. The number of hydrogen-bond acceptors (Lipinski definition) is 5. The molecule has 0 bridgehead atoms. The molecule has 0 fully saturated rings. The van der Waals surface area contributed by atoms with Gasteiger partial charge < -0.3 is 10.1 Å². The maximum absolute atomic E-state index is 13.1. The Bertz CT molecular complexity index is 888. The molecule has 0 amide bonds. The quantitative estimate of drug-likeness (QED) is 0.790. The van der Waals surface area contributed by atoms with Crippen molar-refractivity contribution in [1.29, 1.82) is 0 Å². The zero-order valence-corrected chi connectivity index (χ0v) is 15.7. The molecule has 2 heterocycles. The Hall–Kier alpha value is -2.84. The highest BCUT2D eigenvalue weighted by Gasteiger charge is 2.44. The molecular formula is C19H21F3N4O2. The van der Waals surface area contributed by atoms with E-state index in [0.29, 0.717) is 5.56 Å². The van der Waals surface area contributed by atoms with Crippen molar-refractivity contribution in [3.05, 3.63) is 53.5 Å². The van der Waals surface area contributed by atoms with Crippen LogP contribution in [0, 0.1) is 5.92 Å². The Kier molecular flexibility index (Phi) is 5.18. The summed E-state index contributed by atoms with van der Waals surface area (Å²) in [5, 5.41) is 6.30. The number of nitrogens with zero attached hydrogens (tertiary/aromatic N) is 3. The highest BCUT2D eigenvalue weighted by molar-refractivity contribution is 5.79. The summed E-state index contributed by atoms with van der Waals surface area (Å²) in [6.45, 7) is 9.69. The molecule has 1 aromatic carbocycles. The maximum Gasteiger partial charge on any atom is 0.453 e. The van der Waals surface area contributed by atoms with Crippen molar-refractivity contribution in [3.8, 4) is 0 Å². The van der Waals surface area contributed by atoms with Gasteiger partial charge in [0.1, 0.15) is 5.92 Å². The number of hydrogen-bond donors (Lipinski definition) is 1. The molecule has 6 nitrogen and oxygen atoms in total. The van der Waals surface area contributed by atoms with E-state index in [2.05, 4.69) is 22.0 Å². The fraction of sp³-hybridized carbons (Fsp3) is 0.421. The predicted molar refractivity (Wildman–Crippen MR) is 96.6 cm³/mol. The largest absolute Gasteiger partial charge is 0.465 e. The average Bonchev–Trinajstić information content (AvgIpc) is 3.04. The van der Waals surface area contributed by atoms with Crippen molar-refractivity contribution in [2.75, 3.05) is 11.9 Å². The first-order valence-electron chi connectivity index (χ1n) is 8.89. The maximum atomic E-state index is 13.1. The molecule has 0 unspecified atom stereocenters. The number of alkyl halides is 3. The summed E-state index contributed by atoms with van der Waals surface area (Å²) in [6, 6.07) is 6.47. The second kappa shape index (κ2) is 7.29. The Morgan fingerprint density at radius 3 is 2.50 bits per heavy atom. The van der Waals surface area contributed by atoms with E-state index in [4.69, 9.17) is 4.74 Å². The molecule has 1 aliphatic rings. The number of benzene rings is 1. The van der Waals surface area contributed by atoms with E-state index in [1.165, 1.54) is 0 Å². The van der Waals surface area contributed by atoms with Crippen LogP contribution in [0.15, 0.2) is 36.5 Å². The minimum atomic E-state index is -4.71. The SMILES string of the molecule is C=C1Nc2nc(C(F)(F)F)nn2[C@@H](c2ccc(C(C)C)cc2)[C@@H]1C(=O)OCC. The van der Waals surface area contributed by atoms with Crippen molar-refractivity contribution in [1.82, 2.24) is 14.8 Å². The first-order chi connectivity index (χ1) is 13.1. The first kappa shape index (κ1) is 19.9. The number of esters is 1. The number of carbonyl (C=O) groups excluding carboxylic acids is 1. The minimum absolute atomic E-state index is 0.115. The van der Waals surface area contributed by atoms with Crippen LogP contribution >= 0.6 is 0 Å². The third kappa shape index (κ3) is 3.61. The van der Waals surface area contributed by atoms with E-state index in [0.717, 1.165) is 10.2 Å². The van der Waals surface area contributed by atoms with E-state index >= 15 is 0 Å². The summed E-state index contributed by atoms with van der Waals surface area (Å²) in [5.74, 6) is -2.64. The van der Waals surface area contributed by atoms with Gasteiger partial charge in [0.15, 0.2) is 0 Å². The van der Waals surface area contributed by atoms with E-state index in [-0.39, 0.29) is 24.2 Å². The van der Waals surface area contributed by atoms with Gasteiger partial charge >= 0.3 is 12.1 Å². The van der Waals surface area contributed by atoms with Crippen molar-refractivity contribution in [2.24, 2.45) is 5.92 Å². The molecule has 0 spiro atoms. The summed E-state index contributed by atoms with van der Waals surface area (Å²) in [7, 11) is 0. The van der Waals surface area contributed by atoms with Gasteiger partial charge in [-0.25, -0.2) is 4.68 Å². The van der Waals surface area contributed by atoms with Gasteiger partial charge in [-0.05, 0) is 24.0 Å². The Balaban J connectivity index is 2.13. The second-order valence-corrected chi connectivity index (χ2v) is 6.85. The number of halogens is 3. The lowest BCUT2D eigenvalue weighted by Crippen LogP contribution is -2.37. The molecule has 2 aromatic rings. The van der Waals surface area contributed by atoms with E-state index in [1.807, 2.05) is 26.0 Å². The number of ether oxygens (including phenoxy) is 1. The van der Waals surface area contributed by atoms with Crippen LogP contribution in [0.3, 0.4) is 0 Å². The fourth-order valence-electron chi connectivity index (χ4n) is 3.19. The molecule has 0 aliphatic carbocycles. The lowest BCUT2D eigenvalue weighted by molar-refractivity contribution is -0.147. The summed E-state index contributed by atoms with van der Waals surface area (Å²) >= 11 is 0. The van der Waals surface area contributed by atoms with Crippen LogP contribution in [0.4, 0.5) is 19.1 Å². The number of anilines is 1. The number of aromatic nitrogens is 3. The van der Waals surface area contributed by atoms with Crippen LogP contribution in [0.25, 0.3) is 0 Å². The van der Waals surface area contributed by atoms with Crippen molar-refractivity contribution >= 4 is 11.9 Å². The van der Waals surface area contributed by atoms with Crippen molar-refractivity contribution in [2.45, 2.75) is 38.9 Å². The molecule has 1 N–H and O–H groups in total. The topological polar surface area (TPSA) is 69.0 Å². The Labute approximate surface area is 160 Å². The third-order valence-corrected chi connectivity index (χ3v) is 4.60. The fourth-order valence-corrected chi connectivity index (χ4v) is 3.19. The number of carbonyl (C=O) groups is 1. The van der Waals surface area contributed by atoms with Gasteiger partial charge in [-0.1, -0.05) is 44.7 Å². The molecule has 2 atom stereocenters.